The van der Waals surface area contributed by atoms with Crippen LogP contribution in [-0.4, -0.2) is 9.97 Å². The molecular formula is C10H8Cl2N4. The lowest BCUT2D eigenvalue weighted by Crippen LogP contribution is -2.00. The number of benzene rings is 1. The molecule has 4 nitrogen and oxygen atoms in total. The summed E-state index contributed by atoms with van der Waals surface area (Å²) < 4.78 is 0. The fourth-order valence-corrected chi connectivity index (χ4v) is 1.52. The van der Waals surface area contributed by atoms with Gasteiger partial charge in [-0.2, -0.15) is 0 Å². The van der Waals surface area contributed by atoms with Crippen LogP contribution in [0.15, 0.2) is 30.7 Å². The van der Waals surface area contributed by atoms with Crippen LogP contribution in [0.5, 0.6) is 0 Å². The molecule has 0 aliphatic carbocycles. The van der Waals surface area contributed by atoms with Gasteiger partial charge in [-0.25, -0.2) is 9.97 Å². The molecule has 0 fully saturated rings. The third-order valence-corrected chi connectivity index (χ3v) is 2.76. The molecular weight excluding hydrogens is 247 g/mol. The Labute approximate surface area is 102 Å². The molecule has 3 N–H and O–H groups in total. The van der Waals surface area contributed by atoms with Crippen LogP contribution in [0, 0.1) is 0 Å². The van der Waals surface area contributed by atoms with E-state index in [1.807, 2.05) is 0 Å². The third-order valence-electron chi connectivity index (χ3n) is 1.95. The monoisotopic (exact) mass is 254 g/mol. The van der Waals surface area contributed by atoms with Gasteiger partial charge < -0.3 is 11.1 Å². The molecule has 1 aromatic carbocycles. The van der Waals surface area contributed by atoms with Gasteiger partial charge in [0, 0.05) is 0 Å². The smallest absolute Gasteiger partial charge is 0.157 e. The molecule has 0 spiro atoms. The third kappa shape index (κ3) is 2.18. The van der Waals surface area contributed by atoms with Gasteiger partial charge in [0.25, 0.3) is 0 Å². The second-order valence-corrected chi connectivity index (χ2v) is 3.84. The lowest BCUT2D eigenvalue weighted by molar-refractivity contribution is 1.17. The Morgan fingerprint density at radius 3 is 2.81 bits per heavy atom. The number of nitrogens with one attached hydrogen (secondary N) is 1. The molecule has 2 rings (SSSR count). The highest BCUT2D eigenvalue weighted by atomic mass is 35.5. The number of nitrogens with zero attached hydrogens (tertiary/aromatic N) is 2. The van der Waals surface area contributed by atoms with Crippen molar-refractivity contribution in [3.05, 3.63) is 40.8 Å². The first kappa shape index (κ1) is 11.0. The van der Waals surface area contributed by atoms with Gasteiger partial charge in [-0.3, -0.25) is 0 Å². The zero-order valence-electron chi connectivity index (χ0n) is 8.11. The normalized spacial score (nSPS) is 10.1. The van der Waals surface area contributed by atoms with Crippen LogP contribution in [0.2, 0.25) is 10.0 Å². The second kappa shape index (κ2) is 4.55. The van der Waals surface area contributed by atoms with Crippen molar-refractivity contribution in [1.82, 2.24) is 9.97 Å². The van der Waals surface area contributed by atoms with Gasteiger partial charge in [0.15, 0.2) is 5.82 Å². The summed E-state index contributed by atoms with van der Waals surface area (Å²) in [5.41, 5.74) is 6.79. The Morgan fingerprint density at radius 2 is 2.06 bits per heavy atom. The van der Waals surface area contributed by atoms with E-state index in [-0.39, 0.29) is 0 Å². The molecule has 0 radical (unpaired) electrons. The van der Waals surface area contributed by atoms with E-state index in [2.05, 4.69) is 15.3 Å². The molecule has 2 aromatic rings. The average molecular weight is 255 g/mol. The number of nitrogens with two attached hydrogens (primary N) is 1. The van der Waals surface area contributed by atoms with Crippen molar-refractivity contribution in [2.75, 3.05) is 11.1 Å². The van der Waals surface area contributed by atoms with Crippen LogP contribution in [0.25, 0.3) is 0 Å². The molecule has 82 valence electrons. The molecule has 6 heteroatoms. The highest BCUT2D eigenvalue weighted by Gasteiger charge is 2.06. The Balaban J connectivity index is 2.35. The number of nitrogen functional groups attached to an aromatic ring is 1. The molecule has 0 aliphatic rings. The molecule has 1 heterocycles. The Morgan fingerprint density at radius 1 is 1.25 bits per heavy atom. The molecule has 0 amide bonds. The molecule has 0 atom stereocenters. The van der Waals surface area contributed by atoms with Crippen LogP contribution >= 0.6 is 23.2 Å². The van der Waals surface area contributed by atoms with Crippen molar-refractivity contribution in [2.24, 2.45) is 0 Å². The van der Waals surface area contributed by atoms with E-state index in [0.29, 0.717) is 27.2 Å². The molecule has 0 unspecified atom stereocenters. The summed E-state index contributed by atoms with van der Waals surface area (Å²) in [4.78, 5) is 7.79. The van der Waals surface area contributed by atoms with Crippen LogP contribution in [0.3, 0.4) is 0 Å². The van der Waals surface area contributed by atoms with Gasteiger partial charge in [-0.15, -0.1) is 0 Å². The first-order valence-electron chi connectivity index (χ1n) is 4.45. The fourth-order valence-electron chi connectivity index (χ4n) is 1.17. The standard InChI is InChI=1S/C10H8Cl2N4/c11-6-2-1-3-8(9(6)12)16-10-7(13)4-14-5-15-10/h1-5H,13H2,(H,14,15,16). The van der Waals surface area contributed by atoms with E-state index in [9.17, 15) is 0 Å². The van der Waals surface area contributed by atoms with Crippen molar-refractivity contribution < 1.29 is 0 Å². The molecule has 1 aromatic heterocycles. The van der Waals surface area contributed by atoms with E-state index >= 15 is 0 Å². The van der Waals surface area contributed by atoms with Crippen molar-refractivity contribution in [1.29, 1.82) is 0 Å². The van der Waals surface area contributed by atoms with Gasteiger partial charge in [-0.05, 0) is 12.1 Å². The zero-order chi connectivity index (χ0) is 11.5. The number of rotatable bonds is 2. The summed E-state index contributed by atoms with van der Waals surface area (Å²) in [5.74, 6) is 0.499. The SMILES string of the molecule is Nc1cncnc1Nc1cccc(Cl)c1Cl. The van der Waals surface area contributed by atoms with Crippen LogP contribution in [0.4, 0.5) is 17.2 Å². The molecule has 0 bridgehead atoms. The molecule has 16 heavy (non-hydrogen) atoms. The summed E-state index contributed by atoms with van der Waals surface area (Å²) in [6.45, 7) is 0. The van der Waals surface area contributed by atoms with E-state index in [0.717, 1.165) is 0 Å². The van der Waals surface area contributed by atoms with Gasteiger partial charge in [0.2, 0.25) is 0 Å². The first-order valence-corrected chi connectivity index (χ1v) is 5.20. The van der Waals surface area contributed by atoms with Crippen molar-refractivity contribution in [3.8, 4) is 0 Å². The minimum absolute atomic E-state index is 0.433. The second-order valence-electron chi connectivity index (χ2n) is 3.05. The molecule has 0 saturated heterocycles. The average Bonchev–Trinajstić information content (AvgIpc) is 2.28. The van der Waals surface area contributed by atoms with Gasteiger partial charge in [0.05, 0.1) is 27.6 Å². The van der Waals surface area contributed by atoms with Crippen molar-refractivity contribution in [3.63, 3.8) is 0 Å². The van der Waals surface area contributed by atoms with Gasteiger partial charge >= 0.3 is 0 Å². The van der Waals surface area contributed by atoms with E-state index in [1.54, 1.807) is 18.2 Å². The van der Waals surface area contributed by atoms with E-state index < -0.39 is 0 Å². The maximum Gasteiger partial charge on any atom is 0.157 e. The summed E-state index contributed by atoms with van der Waals surface area (Å²) >= 11 is 11.9. The highest BCUT2D eigenvalue weighted by Crippen LogP contribution is 2.32. The summed E-state index contributed by atoms with van der Waals surface area (Å²) in [7, 11) is 0. The Kier molecular flexibility index (Phi) is 3.12. The predicted octanol–water partition coefficient (Wildman–Crippen LogP) is 3.11. The van der Waals surface area contributed by atoms with Crippen LogP contribution in [0.1, 0.15) is 0 Å². The lowest BCUT2D eigenvalue weighted by atomic mass is 10.3. The zero-order valence-corrected chi connectivity index (χ0v) is 9.63. The largest absolute Gasteiger partial charge is 0.394 e. The first-order chi connectivity index (χ1) is 7.68. The molecule has 0 aliphatic heterocycles. The van der Waals surface area contributed by atoms with Crippen LogP contribution in [-0.2, 0) is 0 Å². The number of aromatic nitrogens is 2. The number of hydrogen-bond acceptors (Lipinski definition) is 4. The minimum Gasteiger partial charge on any atom is -0.394 e. The maximum absolute atomic E-state index is 6.02. The Bertz CT molecular complexity index is 516. The maximum atomic E-state index is 6.02. The number of halogens is 2. The Hall–Kier alpha value is -1.52. The minimum atomic E-state index is 0.433. The molecule has 0 saturated carbocycles. The van der Waals surface area contributed by atoms with Crippen molar-refractivity contribution in [2.45, 2.75) is 0 Å². The fraction of sp³-hybridized carbons (Fsp3) is 0. The van der Waals surface area contributed by atoms with E-state index in [1.165, 1.54) is 12.5 Å². The predicted molar refractivity (Wildman–Crippen MR) is 66.2 cm³/mol. The summed E-state index contributed by atoms with van der Waals surface area (Å²) in [6.07, 6.45) is 2.91. The van der Waals surface area contributed by atoms with E-state index in [4.69, 9.17) is 28.9 Å². The van der Waals surface area contributed by atoms with Gasteiger partial charge in [-0.1, -0.05) is 29.3 Å². The van der Waals surface area contributed by atoms with Crippen molar-refractivity contribution >= 4 is 40.4 Å². The van der Waals surface area contributed by atoms with Gasteiger partial charge in [0.1, 0.15) is 6.33 Å². The lowest BCUT2D eigenvalue weighted by Gasteiger charge is -2.09. The highest BCUT2D eigenvalue weighted by molar-refractivity contribution is 6.43. The summed E-state index contributed by atoms with van der Waals surface area (Å²) in [5, 5.41) is 3.89. The number of anilines is 3. The summed E-state index contributed by atoms with van der Waals surface area (Å²) in [6, 6.07) is 5.28. The topological polar surface area (TPSA) is 63.8 Å². The number of hydrogen-bond donors (Lipinski definition) is 2. The quantitative estimate of drug-likeness (QED) is 0.865. The van der Waals surface area contributed by atoms with Crippen LogP contribution < -0.4 is 11.1 Å².